The summed E-state index contributed by atoms with van der Waals surface area (Å²) in [5.41, 5.74) is 0.447. The Bertz CT molecular complexity index is 640. The van der Waals surface area contributed by atoms with Gasteiger partial charge in [0.1, 0.15) is 5.82 Å². The van der Waals surface area contributed by atoms with E-state index in [9.17, 15) is 4.39 Å². The van der Waals surface area contributed by atoms with E-state index in [1.54, 1.807) is 12.1 Å². The fourth-order valence-electron chi connectivity index (χ4n) is 1.78. The fraction of sp³-hybridized carbons (Fsp3) is 0.333. The topological polar surface area (TPSA) is 33.6 Å². The molecule has 1 N–H and O–H groups in total. The zero-order chi connectivity index (χ0) is 13.5. The first kappa shape index (κ1) is 13.4. The summed E-state index contributed by atoms with van der Waals surface area (Å²) in [5, 5.41) is 6.96. The average molecular weight is 330 g/mol. The van der Waals surface area contributed by atoms with E-state index in [2.05, 4.69) is 26.1 Å². The van der Waals surface area contributed by atoms with Gasteiger partial charge in [0.05, 0.1) is 4.47 Å². The molecule has 18 heavy (non-hydrogen) atoms. The average Bonchev–Trinajstić information content (AvgIpc) is 2.64. The predicted octanol–water partition coefficient (Wildman–Crippen LogP) is 4.26. The smallest absolute Gasteiger partial charge is 0.195 e. The lowest BCUT2D eigenvalue weighted by Crippen LogP contribution is -2.23. The van der Waals surface area contributed by atoms with Crippen LogP contribution < -0.4 is 0 Å². The van der Waals surface area contributed by atoms with Crippen molar-refractivity contribution >= 4 is 28.1 Å². The molecule has 3 nitrogen and oxygen atoms in total. The molecule has 1 heterocycles. The molecule has 0 saturated carbocycles. The van der Waals surface area contributed by atoms with E-state index in [1.807, 2.05) is 25.3 Å². The molecule has 0 atom stereocenters. The highest BCUT2D eigenvalue weighted by Gasteiger charge is 2.22. The monoisotopic (exact) mass is 329 g/mol. The molecule has 0 saturated heterocycles. The standard InChI is InChI=1S/C12H13BrFN3S/c1-12(2,3)17-10(15-16-11(17)18)7-5-4-6-8(14)9(7)13/h4-6H,1-3H3,(H,16,18). The van der Waals surface area contributed by atoms with Gasteiger partial charge in [-0.25, -0.2) is 4.39 Å². The zero-order valence-electron chi connectivity index (χ0n) is 10.3. The molecule has 1 aromatic heterocycles. The van der Waals surface area contributed by atoms with E-state index in [-0.39, 0.29) is 11.4 Å². The van der Waals surface area contributed by atoms with Gasteiger partial charge in [0.2, 0.25) is 0 Å². The first-order valence-electron chi connectivity index (χ1n) is 5.44. The summed E-state index contributed by atoms with van der Waals surface area (Å²) in [5.74, 6) is 0.306. The second-order valence-corrected chi connectivity index (χ2v) is 6.14. The van der Waals surface area contributed by atoms with E-state index in [4.69, 9.17) is 12.2 Å². The van der Waals surface area contributed by atoms with Gasteiger partial charge < -0.3 is 0 Å². The maximum Gasteiger partial charge on any atom is 0.195 e. The third kappa shape index (κ3) is 2.27. The minimum absolute atomic E-state index is 0.231. The maximum atomic E-state index is 13.6. The van der Waals surface area contributed by atoms with Gasteiger partial charge in [-0.2, -0.15) is 5.10 Å². The number of aromatic amines is 1. The van der Waals surface area contributed by atoms with Crippen LogP contribution in [0.5, 0.6) is 0 Å². The second-order valence-electron chi connectivity index (χ2n) is 4.96. The number of hydrogen-bond acceptors (Lipinski definition) is 2. The van der Waals surface area contributed by atoms with Crippen molar-refractivity contribution in [2.45, 2.75) is 26.3 Å². The lowest BCUT2D eigenvalue weighted by atomic mass is 10.1. The lowest BCUT2D eigenvalue weighted by Gasteiger charge is -2.22. The summed E-state index contributed by atoms with van der Waals surface area (Å²) in [6.07, 6.45) is 0. The van der Waals surface area contributed by atoms with Crippen molar-refractivity contribution in [1.29, 1.82) is 0 Å². The van der Waals surface area contributed by atoms with Crippen molar-refractivity contribution in [3.05, 3.63) is 33.3 Å². The Balaban J connectivity index is 2.74. The zero-order valence-corrected chi connectivity index (χ0v) is 12.7. The van der Waals surface area contributed by atoms with Crippen LogP contribution in [0, 0.1) is 10.6 Å². The van der Waals surface area contributed by atoms with Crippen molar-refractivity contribution in [2.75, 3.05) is 0 Å². The number of aromatic nitrogens is 3. The lowest BCUT2D eigenvalue weighted by molar-refractivity contribution is 0.395. The summed E-state index contributed by atoms with van der Waals surface area (Å²) < 4.78 is 16.4. The van der Waals surface area contributed by atoms with Gasteiger partial charge >= 0.3 is 0 Å². The molecule has 0 radical (unpaired) electrons. The fourth-order valence-corrected chi connectivity index (χ4v) is 2.62. The molecule has 0 unspecified atom stereocenters. The van der Waals surface area contributed by atoms with Crippen molar-refractivity contribution < 1.29 is 4.39 Å². The number of nitrogens with one attached hydrogen (secondary N) is 1. The maximum absolute atomic E-state index is 13.6. The summed E-state index contributed by atoms with van der Waals surface area (Å²) in [7, 11) is 0. The molecular formula is C12H13BrFN3S. The van der Waals surface area contributed by atoms with Gasteiger partial charge in [-0.1, -0.05) is 6.07 Å². The van der Waals surface area contributed by atoms with Gasteiger partial charge in [0, 0.05) is 11.1 Å². The van der Waals surface area contributed by atoms with Crippen molar-refractivity contribution in [2.24, 2.45) is 0 Å². The number of H-pyrrole nitrogens is 1. The van der Waals surface area contributed by atoms with Gasteiger partial charge in [0.25, 0.3) is 0 Å². The van der Waals surface area contributed by atoms with E-state index < -0.39 is 0 Å². The number of rotatable bonds is 1. The first-order valence-corrected chi connectivity index (χ1v) is 6.65. The van der Waals surface area contributed by atoms with Gasteiger partial charge in [-0.05, 0) is 61.1 Å². The molecule has 0 aliphatic rings. The number of nitrogens with zero attached hydrogens (tertiary/aromatic N) is 2. The summed E-state index contributed by atoms with van der Waals surface area (Å²) in [4.78, 5) is 0. The molecule has 0 aliphatic carbocycles. The van der Waals surface area contributed by atoms with Crippen LogP contribution in [-0.4, -0.2) is 14.8 Å². The minimum atomic E-state index is -0.318. The number of hydrogen-bond donors (Lipinski definition) is 1. The summed E-state index contributed by atoms with van der Waals surface area (Å²) in [6.45, 7) is 6.07. The minimum Gasteiger partial charge on any atom is -0.295 e. The second kappa shape index (κ2) is 4.59. The SMILES string of the molecule is CC(C)(C)n1c(-c2cccc(F)c2Br)n[nH]c1=S. The third-order valence-corrected chi connectivity index (χ3v) is 3.62. The molecule has 96 valence electrons. The Hall–Kier alpha value is -1.01. The Kier molecular flexibility index (Phi) is 3.42. The van der Waals surface area contributed by atoms with Crippen molar-refractivity contribution in [3.63, 3.8) is 0 Å². The molecule has 0 bridgehead atoms. The van der Waals surface area contributed by atoms with Crippen LogP contribution in [0.15, 0.2) is 22.7 Å². The summed E-state index contributed by atoms with van der Waals surface area (Å²) >= 11 is 8.48. The van der Waals surface area contributed by atoms with Crippen LogP contribution in [0.25, 0.3) is 11.4 Å². The highest BCUT2D eigenvalue weighted by atomic mass is 79.9. The molecule has 0 fully saturated rings. The van der Waals surface area contributed by atoms with Gasteiger partial charge in [-0.3, -0.25) is 9.67 Å². The van der Waals surface area contributed by atoms with Crippen LogP contribution in [0.4, 0.5) is 4.39 Å². The molecule has 1 aromatic carbocycles. The van der Waals surface area contributed by atoms with Crippen LogP contribution in [0.2, 0.25) is 0 Å². The number of halogens is 2. The van der Waals surface area contributed by atoms with Crippen molar-refractivity contribution in [1.82, 2.24) is 14.8 Å². The van der Waals surface area contributed by atoms with Crippen LogP contribution in [-0.2, 0) is 5.54 Å². The Morgan fingerprint density at radius 2 is 2.06 bits per heavy atom. The van der Waals surface area contributed by atoms with Gasteiger partial charge in [0.15, 0.2) is 10.6 Å². The number of benzene rings is 1. The van der Waals surface area contributed by atoms with Gasteiger partial charge in [-0.15, -0.1) is 0 Å². The van der Waals surface area contributed by atoms with Crippen LogP contribution in [0.1, 0.15) is 20.8 Å². The predicted molar refractivity (Wildman–Crippen MR) is 75.5 cm³/mol. The van der Waals surface area contributed by atoms with E-state index >= 15 is 0 Å². The molecular weight excluding hydrogens is 317 g/mol. The molecule has 6 heteroatoms. The summed E-state index contributed by atoms with van der Waals surface area (Å²) in [6, 6.07) is 4.86. The third-order valence-electron chi connectivity index (χ3n) is 2.54. The highest BCUT2D eigenvalue weighted by molar-refractivity contribution is 9.10. The first-order chi connectivity index (χ1) is 8.32. The quantitative estimate of drug-likeness (QED) is 0.793. The van der Waals surface area contributed by atoms with Crippen LogP contribution >= 0.6 is 28.1 Å². The Labute approximate surface area is 118 Å². The molecule has 0 aliphatic heterocycles. The molecule has 0 spiro atoms. The largest absolute Gasteiger partial charge is 0.295 e. The van der Waals surface area contributed by atoms with E-state index in [1.165, 1.54) is 6.07 Å². The van der Waals surface area contributed by atoms with E-state index in [0.29, 0.717) is 20.6 Å². The Morgan fingerprint density at radius 3 is 2.67 bits per heavy atom. The molecule has 2 rings (SSSR count). The van der Waals surface area contributed by atoms with Crippen molar-refractivity contribution in [3.8, 4) is 11.4 Å². The van der Waals surface area contributed by atoms with E-state index in [0.717, 1.165) is 0 Å². The highest BCUT2D eigenvalue weighted by Crippen LogP contribution is 2.31. The Morgan fingerprint density at radius 1 is 1.39 bits per heavy atom. The normalized spacial score (nSPS) is 11.8. The molecule has 2 aromatic rings. The molecule has 0 amide bonds. The van der Waals surface area contributed by atoms with Crippen LogP contribution in [0.3, 0.4) is 0 Å².